The van der Waals surface area contributed by atoms with E-state index in [9.17, 15) is 31.5 Å². The molecule has 35 heavy (non-hydrogen) atoms. The fourth-order valence-corrected chi connectivity index (χ4v) is 4.72. The third-order valence-corrected chi connectivity index (χ3v) is 6.55. The number of hydrogen-bond acceptors (Lipinski definition) is 8. The summed E-state index contributed by atoms with van der Waals surface area (Å²) in [5.41, 5.74) is 0.0482. The molecule has 0 saturated heterocycles. The van der Waals surface area contributed by atoms with E-state index in [0.29, 0.717) is 5.01 Å². The van der Waals surface area contributed by atoms with Gasteiger partial charge in [0.15, 0.2) is 0 Å². The lowest BCUT2D eigenvalue weighted by Gasteiger charge is -2.15. The molecule has 3 N–H and O–H groups in total. The van der Waals surface area contributed by atoms with Crippen LogP contribution in [0.15, 0.2) is 58.9 Å². The topological polar surface area (TPSA) is 127 Å². The van der Waals surface area contributed by atoms with Gasteiger partial charge >= 0.3 is 6.36 Å². The molecule has 1 amide bonds. The number of aromatic nitrogens is 1. The number of anilines is 2. The van der Waals surface area contributed by atoms with E-state index in [1.54, 1.807) is 12.3 Å². The summed E-state index contributed by atoms with van der Waals surface area (Å²) in [6.45, 7) is 1.72. The first kappa shape index (κ1) is 26.2. The summed E-state index contributed by atoms with van der Waals surface area (Å²) in [6.07, 6.45) is -4.80. The maximum atomic E-state index is 12.9. The molecule has 1 heterocycles. The zero-order valence-electron chi connectivity index (χ0n) is 18.1. The Bertz CT molecular complexity index is 1270. The predicted molar refractivity (Wildman–Crippen MR) is 122 cm³/mol. The molecule has 2 aromatic carbocycles. The summed E-state index contributed by atoms with van der Waals surface area (Å²) in [5.74, 6) is -1.23. The van der Waals surface area contributed by atoms with Crippen LogP contribution in [-0.4, -0.2) is 37.4 Å². The number of thiazole rings is 1. The second-order valence-corrected chi connectivity index (χ2v) is 9.49. The number of carbonyl (C=O) groups is 1. The zero-order chi connectivity index (χ0) is 25.6. The van der Waals surface area contributed by atoms with Crippen LogP contribution in [0.3, 0.4) is 0 Å². The SMILES string of the molecule is CCOc1cc(NC(=O)CC(O)c2nccs2)ccc1S(=O)(=O)Nc1cccc(OC(F)(F)F)c1. The fourth-order valence-electron chi connectivity index (χ4n) is 2.92. The lowest BCUT2D eigenvalue weighted by atomic mass is 10.2. The number of aliphatic hydroxyl groups is 1. The number of amides is 1. The number of halogens is 3. The van der Waals surface area contributed by atoms with Crippen LogP contribution in [-0.2, 0) is 14.8 Å². The van der Waals surface area contributed by atoms with Crippen molar-refractivity contribution in [1.82, 2.24) is 4.98 Å². The number of nitrogens with one attached hydrogen (secondary N) is 2. The Morgan fingerprint density at radius 1 is 1.20 bits per heavy atom. The number of aliphatic hydroxyl groups excluding tert-OH is 1. The van der Waals surface area contributed by atoms with Gasteiger partial charge in [-0.25, -0.2) is 13.4 Å². The predicted octanol–water partition coefficient (Wildman–Crippen LogP) is 4.30. The molecular formula is C21H20F3N3O6S2. The van der Waals surface area contributed by atoms with E-state index >= 15 is 0 Å². The number of rotatable bonds is 10. The molecule has 9 nitrogen and oxygen atoms in total. The maximum absolute atomic E-state index is 12.9. The van der Waals surface area contributed by atoms with Gasteiger partial charge < -0.3 is 19.9 Å². The van der Waals surface area contributed by atoms with E-state index < -0.39 is 34.1 Å². The fraction of sp³-hybridized carbons (Fsp3) is 0.238. The molecule has 1 atom stereocenters. The van der Waals surface area contributed by atoms with E-state index in [4.69, 9.17) is 4.74 Å². The Morgan fingerprint density at radius 2 is 1.97 bits per heavy atom. The van der Waals surface area contributed by atoms with Crippen LogP contribution < -0.4 is 19.5 Å². The van der Waals surface area contributed by atoms with Gasteiger partial charge in [0.05, 0.1) is 18.7 Å². The van der Waals surface area contributed by atoms with E-state index in [-0.39, 0.29) is 35.0 Å². The average molecular weight is 532 g/mol. The van der Waals surface area contributed by atoms with Gasteiger partial charge in [-0.05, 0) is 31.2 Å². The van der Waals surface area contributed by atoms with Crippen LogP contribution in [0.5, 0.6) is 11.5 Å². The first-order valence-corrected chi connectivity index (χ1v) is 12.4. The molecule has 0 aliphatic carbocycles. The maximum Gasteiger partial charge on any atom is 0.573 e. The Kier molecular flexibility index (Phi) is 8.19. The summed E-state index contributed by atoms with van der Waals surface area (Å²) in [5, 5.41) is 14.7. The Morgan fingerprint density at radius 3 is 2.63 bits per heavy atom. The average Bonchev–Trinajstić information content (AvgIpc) is 3.28. The molecule has 0 radical (unpaired) electrons. The van der Waals surface area contributed by atoms with Gasteiger partial charge in [-0.3, -0.25) is 9.52 Å². The third-order valence-electron chi connectivity index (χ3n) is 4.25. The Hall–Kier alpha value is -3.36. The molecule has 0 aliphatic heterocycles. The highest BCUT2D eigenvalue weighted by Gasteiger charge is 2.31. The van der Waals surface area contributed by atoms with Gasteiger partial charge in [0.1, 0.15) is 27.5 Å². The van der Waals surface area contributed by atoms with Crippen molar-refractivity contribution < 1.29 is 41.0 Å². The second-order valence-electron chi connectivity index (χ2n) is 6.91. The number of hydrogen-bond donors (Lipinski definition) is 3. The van der Waals surface area contributed by atoms with Crippen LogP contribution in [0.2, 0.25) is 0 Å². The van der Waals surface area contributed by atoms with Crippen molar-refractivity contribution in [2.75, 3.05) is 16.6 Å². The molecule has 0 bridgehead atoms. The molecular weight excluding hydrogens is 511 g/mol. The summed E-state index contributed by atoms with van der Waals surface area (Å²) in [6, 6.07) is 8.14. The molecule has 0 fully saturated rings. The minimum Gasteiger partial charge on any atom is -0.492 e. The van der Waals surface area contributed by atoms with Crippen molar-refractivity contribution >= 4 is 38.6 Å². The Balaban J connectivity index is 1.77. The van der Waals surface area contributed by atoms with Crippen LogP contribution in [0.25, 0.3) is 0 Å². The zero-order valence-corrected chi connectivity index (χ0v) is 19.7. The highest BCUT2D eigenvalue weighted by Crippen LogP contribution is 2.31. The lowest BCUT2D eigenvalue weighted by Crippen LogP contribution is -2.18. The van der Waals surface area contributed by atoms with Crippen molar-refractivity contribution in [3.63, 3.8) is 0 Å². The lowest BCUT2D eigenvalue weighted by molar-refractivity contribution is -0.274. The quantitative estimate of drug-likeness (QED) is 0.356. The number of sulfonamides is 1. The van der Waals surface area contributed by atoms with Crippen molar-refractivity contribution in [3.8, 4) is 11.5 Å². The smallest absolute Gasteiger partial charge is 0.492 e. The van der Waals surface area contributed by atoms with E-state index in [2.05, 4.69) is 19.8 Å². The van der Waals surface area contributed by atoms with Gasteiger partial charge in [0.2, 0.25) is 5.91 Å². The summed E-state index contributed by atoms with van der Waals surface area (Å²) >= 11 is 1.20. The highest BCUT2D eigenvalue weighted by atomic mass is 32.2. The van der Waals surface area contributed by atoms with Crippen molar-refractivity contribution in [2.24, 2.45) is 0 Å². The number of benzene rings is 2. The molecule has 14 heteroatoms. The second kappa shape index (κ2) is 10.9. The summed E-state index contributed by atoms with van der Waals surface area (Å²) < 4.78 is 74.6. The van der Waals surface area contributed by atoms with Crippen molar-refractivity contribution in [2.45, 2.75) is 30.7 Å². The molecule has 0 aliphatic rings. The van der Waals surface area contributed by atoms with Gasteiger partial charge in [0.25, 0.3) is 10.0 Å². The number of alkyl halides is 3. The monoisotopic (exact) mass is 531 g/mol. The molecule has 188 valence electrons. The number of carbonyl (C=O) groups excluding carboxylic acids is 1. The van der Waals surface area contributed by atoms with Gasteiger partial charge in [0, 0.05) is 29.4 Å². The normalized spacial score (nSPS) is 12.6. The number of nitrogens with zero attached hydrogens (tertiary/aromatic N) is 1. The van der Waals surface area contributed by atoms with Crippen molar-refractivity contribution in [3.05, 3.63) is 59.0 Å². The molecule has 3 rings (SSSR count). The van der Waals surface area contributed by atoms with E-state index in [1.807, 2.05) is 0 Å². The summed E-state index contributed by atoms with van der Waals surface area (Å²) in [7, 11) is -4.29. The molecule has 0 spiro atoms. The van der Waals surface area contributed by atoms with Gasteiger partial charge in [-0.2, -0.15) is 0 Å². The summed E-state index contributed by atoms with van der Waals surface area (Å²) in [4.78, 5) is 15.9. The van der Waals surface area contributed by atoms with Gasteiger partial charge in [-0.1, -0.05) is 6.07 Å². The first-order chi connectivity index (χ1) is 16.5. The molecule has 1 unspecified atom stereocenters. The van der Waals surface area contributed by atoms with E-state index in [0.717, 1.165) is 12.1 Å². The third kappa shape index (κ3) is 7.56. The highest BCUT2D eigenvalue weighted by molar-refractivity contribution is 7.92. The number of ether oxygens (including phenoxy) is 2. The Labute approximate surface area is 202 Å². The minimum atomic E-state index is -4.93. The molecule has 3 aromatic rings. The standard InChI is InChI=1S/C21H20F3N3O6S2/c1-2-32-17-11-13(26-19(29)12-16(28)20-25-8-9-34-20)6-7-18(17)35(30,31)27-14-4-3-5-15(10-14)33-21(22,23)24/h3-11,16,27-28H,2,12H2,1H3,(H,26,29). The van der Waals surface area contributed by atoms with Crippen LogP contribution in [0.1, 0.15) is 24.5 Å². The van der Waals surface area contributed by atoms with Crippen molar-refractivity contribution in [1.29, 1.82) is 0 Å². The van der Waals surface area contributed by atoms with Crippen LogP contribution in [0, 0.1) is 0 Å². The minimum absolute atomic E-state index is 0.0948. The molecule has 0 saturated carbocycles. The van der Waals surface area contributed by atoms with Crippen LogP contribution >= 0.6 is 11.3 Å². The molecule has 1 aromatic heterocycles. The van der Waals surface area contributed by atoms with Gasteiger partial charge in [-0.15, -0.1) is 24.5 Å². The van der Waals surface area contributed by atoms with E-state index in [1.165, 1.54) is 47.9 Å². The van der Waals surface area contributed by atoms with Crippen LogP contribution in [0.4, 0.5) is 24.5 Å². The first-order valence-electron chi connectivity index (χ1n) is 9.99. The largest absolute Gasteiger partial charge is 0.573 e.